The minimum absolute atomic E-state index is 0.166. The zero-order valence-corrected chi connectivity index (χ0v) is 20.7. The summed E-state index contributed by atoms with van der Waals surface area (Å²) < 4.78 is 0. The molecule has 0 aliphatic rings. The van der Waals surface area contributed by atoms with Crippen molar-refractivity contribution in [2.75, 3.05) is 27.2 Å². The van der Waals surface area contributed by atoms with Gasteiger partial charge in [0.15, 0.2) is 0 Å². The van der Waals surface area contributed by atoms with Gasteiger partial charge in [0.2, 0.25) is 5.91 Å². The van der Waals surface area contributed by atoms with Crippen LogP contribution < -0.4 is 5.32 Å². The summed E-state index contributed by atoms with van der Waals surface area (Å²) in [5.74, 6) is 2.55. The molecule has 1 unspecified atom stereocenters. The Labute approximate surface area is 182 Å². The van der Waals surface area contributed by atoms with Crippen molar-refractivity contribution in [2.24, 2.45) is 22.7 Å². The Balaban J connectivity index is 3.49. The highest BCUT2D eigenvalue weighted by Gasteiger charge is 2.22. The molecular weight excluding hydrogens is 358 g/mol. The summed E-state index contributed by atoms with van der Waals surface area (Å²) >= 11 is 0. The quantitative estimate of drug-likeness (QED) is 0.174. The molecule has 1 amide bonds. The number of amides is 1. The first kappa shape index (κ1) is 27.9. The number of nitrogens with one attached hydrogen (secondary N) is 1. The third-order valence-corrected chi connectivity index (χ3v) is 5.74. The molecular formula is C25H51N3O. The van der Waals surface area contributed by atoms with E-state index >= 15 is 0 Å². The van der Waals surface area contributed by atoms with Crippen LogP contribution in [0, 0.1) is 17.8 Å². The smallest absolute Gasteiger partial charge is 0.223 e. The molecule has 0 aromatic heterocycles. The highest BCUT2D eigenvalue weighted by Crippen LogP contribution is 2.20. The summed E-state index contributed by atoms with van der Waals surface area (Å²) in [6.07, 6.45) is 13.9. The lowest BCUT2D eigenvalue weighted by Gasteiger charge is -2.22. The summed E-state index contributed by atoms with van der Waals surface area (Å²) in [5.41, 5.74) is 0. The van der Waals surface area contributed by atoms with E-state index in [0.29, 0.717) is 11.8 Å². The molecule has 0 aliphatic carbocycles. The van der Waals surface area contributed by atoms with E-state index in [1.807, 2.05) is 14.1 Å². The monoisotopic (exact) mass is 409 g/mol. The highest BCUT2D eigenvalue weighted by molar-refractivity contribution is 5.79. The van der Waals surface area contributed by atoms with Crippen LogP contribution in [0.25, 0.3) is 0 Å². The molecule has 0 saturated carbocycles. The molecule has 0 bridgehead atoms. The van der Waals surface area contributed by atoms with Crippen molar-refractivity contribution < 1.29 is 4.79 Å². The predicted octanol–water partition coefficient (Wildman–Crippen LogP) is 6.30. The number of carbonyl (C=O) groups is 1. The van der Waals surface area contributed by atoms with Crippen LogP contribution in [0.4, 0.5) is 0 Å². The molecule has 0 rings (SSSR count). The Kier molecular flexibility index (Phi) is 17.1. The van der Waals surface area contributed by atoms with Gasteiger partial charge in [0, 0.05) is 33.1 Å². The van der Waals surface area contributed by atoms with E-state index in [-0.39, 0.29) is 11.8 Å². The molecule has 0 aromatic carbocycles. The summed E-state index contributed by atoms with van der Waals surface area (Å²) in [5, 5.41) is 3.17. The molecule has 0 heterocycles. The van der Waals surface area contributed by atoms with Gasteiger partial charge in [-0.15, -0.1) is 0 Å². The fraction of sp³-hybridized carbons (Fsp3) is 0.920. The van der Waals surface area contributed by atoms with Crippen LogP contribution in [-0.4, -0.2) is 43.8 Å². The number of aliphatic imine (C=N–C) groups is 1. The van der Waals surface area contributed by atoms with Crippen LogP contribution in [-0.2, 0) is 4.79 Å². The summed E-state index contributed by atoms with van der Waals surface area (Å²) in [6, 6.07) is 0. The fourth-order valence-electron chi connectivity index (χ4n) is 3.57. The van der Waals surface area contributed by atoms with E-state index in [0.717, 1.165) is 31.8 Å². The van der Waals surface area contributed by atoms with Gasteiger partial charge in [-0.2, -0.15) is 0 Å². The summed E-state index contributed by atoms with van der Waals surface area (Å²) in [6.45, 7) is 12.6. The predicted molar refractivity (Wildman–Crippen MR) is 129 cm³/mol. The van der Waals surface area contributed by atoms with E-state index in [2.05, 4.69) is 49.8 Å². The summed E-state index contributed by atoms with van der Waals surface area (Å²) in [4.78, 5) is 19.0. The number of hydrogen-bond donors (Lipinski definition) is 1. The van der Waals surface area contributed by atoms with Gasteiger partial charge < -0.3 is 10.2 Å². The third-order valence-electron chi connectivity index (χ3n) is 5.74. The first-order valence-electron chi connectivity index (χ1n) is 12.2. The van der Waals surface area contributed by atoms with Crippen LogP contribution in [0.5, 0.6) is 0 Å². The Bertz CT molecular complexity index is 430. The molecule has 0 spiro atoms. The van der Waals surface area contributed by atoms with Gasteiger partial charge in [-0.25, -0.2) is 0 Å². The van der Waals surface area contributed by atoms with Crippen molar-refractivity contribution in [3.8, 4) is 0 Å². The van der Waals surface area contributed by atoms with Crippen molar-refractivity contribution in [1.29, 1.82) is 0 Å². The Hall–Kier alpha value is -1.06. The van der Waals surface area contributed by atoms with Crippen molar-refractivity contribution in [3.05, 3.63) is 0 Å². The molecule has 0 saturated heterocycles. The molecule has 0 aromatic rings. The standard InChI is InChI=1S/C25H51N3O/c1-21(2)20-24(22(3)4)25(29)27-19-17-15-13-11-9-8-10-12-14-16-18-26-23(5)28(6)7/h21-22,24H,8-20H2,1-7H3,(H,27,29)/b26-23+. The van der Waals surface area contributed by atoms with Gasteiger partial charge >= 0.3 is 0 Å². The molecule has 4 heteroatoms. The van der Waals surface area contributed by atoms with Crippen LogP contribution >= 0.6 is 0 Å². The molecule has 0 radical (unpaired) electrons. The van der Waals surface area contributed by atoms with E-state index in [1.54, 1.807) is 0 Å². The molecule has 29 heavy (non-hydrogen) atoms. The molecule has 1 atom stereocenters. The number of unbranched alkanes of at least 4 members (excludes halogenated alkanes) is 9. The second-order valence-corrected chi connectivity index (χ2v) is 9.63. The van der Waals surface area contributed by atoms with Gasteiger partial charge in [0.05, 0.1) is 5.84 Å². The van der Waals surface area contributed by atoms with Crippen LogP contribution in [0.15, 0.2) is 4.99 Å². The first-order valence-corrected chi connectivity index (χ1v) is 12.2. The number of rotatable bonds is 17. The van der Waals surface area contributed by atoms with Crippen LogP contribution in [0.2, 0.25) is 0 Å². The largest absolute Gasteiger partial charge is 0.367 e. The van der Waals surface area contributed by atoms with Crippen molar-refractivity contribution in [2.45, 2.75) is 105 Å². The molecule has 0 fully saturated rings. The Morgan fingerprint density at radius 1 is 0.828 bits per heavy atom. The van der Waals surface area contributed by atoms with Crippen molar-refractivity contribution in [3.63, 3.8) is 0 Å². The van der Waals surface area contributed by atoms with Gasteiger partial charge in [-0.3, -0.25) is 9.79 Å². The summed E-state index contributed by atoms with van der Waals surface area (Å²) in [7, 11) is 4.09. The van der Waals surface area contributed by atoms with E-state index in [9.17, 15) is 4.79 Å². The lowest BCUT2D eigenvalue weighted by molar-refractivity contribution is -0.126. The lowest BCUT2D eigenvalue weighted by Crippen LogP contribution is -2.34. The topological polar surface area (TPSA) is 44.7 Å². The lowest BCUT2D eigenvalue weighted by atomic mass is 9.87. The van der Waals surface area contributed by atoms with E-state index in [1.165, 1.54) is 57.8 Å². The average Bonchev–Trinajstić information content (AvgIpc) is 2.65. The van der Waals surface area contributed by atoms with Crippen molar-refractivity contribution >= 4 is 11.7 Å². The van der Waals surface area contributed by atoms with Crippen LogP contribution in [0.3, 0.4) is 0 Å². The van der Waals surface area contributed by atoms with Crippen LogP contribution in [0.1, 0.15) is 105 Å². The highest BCUT2D eigenvalue weighted by atomic mass is 16.1. The molecule has 4 nitrogen and oxygen atoms in total. The molecule has 0 aliphatic heterocycles. The Morgan fingerprint density at radius 2 is 1.31 bits per heavy atom. The normalized spacial score (nSPS) is 13.2. The maximum atomic E-state index is 12.4. The number of carbonyl (C=O) groups excluding carboxylic acids is 1. The van der Waals surface area contributed by atoms with E-state index in [4.69, 9.17) is 0 Å². The number of nitrogens with zero attached hydrogens (tertiary/aromatic N) is 2. The fourth-order valence-corrected chi connectivity index (χ4v) is 3.57. The van der Waals surface area contributed by atoms with Gasteiger partial charge in [-0.05, 0) is 38.0 Å². The van der Waals surface area contributed by atoms with Gasteiger partial charge in [0.25, 0.3) is 0 Å². The van der Waals surface area contributed by atoms with Gasteiger partial charge in [0.1, 0.15) is 0 Å². The second-order valence-electron chi connectivity index (χ2n) is 9.63. The maximum absolute atomic E-state index is 12.4. The van der Waals surface area contributed by atoms with Crippen molar-refractivity contribution in [1.82, 2.24) is 10.2 Å². The minimum atomic E-state index is 0.166. The van der Waals surface area contributed by atoms with E-state index < -0.39 is 0 Å². The maximum Gasteiger partial charge on any atom is 0.223 e. The van der Waals surface area contributed by atoms with Gasteiger partial charge in [-0.1, -0.05) is 79.1 Å². The molecule has 172 valence electrons. The average molecular weight is 410 g/mol. The number of hydrogen-bond acceptors (Lipinski definition) is 2. The minimum Gasteiger partial charge on any atom is -0.367 e. The second kappa shape index (κ2) is 17.8. The number of amidine groups is 1. The Morgan fingerprint density at radius 3 is 1.76 bits per heavy atom. The third kappa shape index (κ3) is 16.4. The zero-order chi connectivity index (χ0) is 22.1. The first-order chi connectivity index (χ1) is 13.8. The zero-order valence-electron chi connectivity index (χ0n) is 20.7. The molecule has 1 N–H and O–H groups in total. The SMILES string of the molecule is C/C(=N\CCCCCCCCCCCCNC(=O)C(CC(C)C)C(C)C)N(C)C.